The molecule has 0 aliphatic rings. The predicted octanol–water partition coefficient (Wildman–Crippen LogP) is 9.83. The molecule has 0 unspecified atom stereocenters. The van der Waals surface area contributed by atoms with Gasteiger partial charge in [0.15, 0.2) is 11.6 Å². The molecule has 3 rings (SSSR count). The topological polar surface area (TPSA) is 28.7 Å². The molecular formula is C31H42F2N2. The Hall–Kier alpha value is -2.49. The number of benzene rings is 2. The molecule has 190 valence electrons. The molecule has 0 radical (unpaired) electrons. The van der Waals surface area contributed by atoms with Crippen LogP contribution < -0.4 is 0 Å². The van der Waals surface area contributed by atoms with E-state index in [1.54, 1.807) is 24.5 Å². The Kier molecular flexibility index (Phi) is 11.5. The largest absolute Gasteiger partial charge is 0.345 e. The van der Waals surface area contributed by atoms with Crippen LogP contribution in [0.4, 0.5) is 8.78 Å². The highest BCUT2D eigenvalue weighted by Gasteiger charge is 2.19. The van der Waals surface area contributed by atoms with E-state index in [1.165, 1.54) is 51.4 Å². The van der Waals surface area contributed by atoms with Crippen LogP contribution in [-0.2, 0) is 12.8 Å². The van der Waals surface area contributed by atoms with Gasteiger partial charge in [-0.2, -0.15) is 0 Å². The molecule has 0 fully saturated rings. The predicted molar refractivity (Wildman–Crippen MR) is 144 cm³/mol. The van der Waals surface area contributed by atoms with Crippen molar-refractivity contribution in [1.82, 2.24) is 9.97 Å². The van der Waals surface area contributed by atoms with Crippen molar-refractivity contribution in [2.24, 2.45) is 0 Å². The minimum absolute atomic E-state index is 0.310. The first-order valence-electron chi connectivity index (χ1n) is 13.8. The highest BCUT2D eigenvalue weighted by molar-refractivity contribution is 5.81. The van der Waals surface area contributed by atoms with Gasteiger partial charge in [0.05, 0.1) is 0 Å². The minimum Gasteiger partial charge on any atom is -0.345 e. The van der Waals surface area contributed by atoms with Crippen molar-refractivity contribution in [1.29, 1.82) is 0 Å². The third-order valence-electron chi connectivity index (χ3n) is 6.91. The number of nitrogens with zero attached hydrogens (tertiary/aromatic N) is 1. The van der Waals surface area contributed by atoms with Crippen molar-refractivity contribution in [2.45, 2.75) is 104 Å². The van der Waals surface area contributed by atoms with Crippen LogP contribution in [0.2, 0.25) is 0 Å². The third kappa shape index (κ3) is 8.02. The number of nitrogens with one attached hydrogen (secondary N) is 1. The SMILES string of the molecule is CCCCCCCCCc1ccc(-c2ncc[nH]2)c(-c2ccc(CCCCCCC)c(F)c2F)c1. The average Bonchev–Trinajstić information content (AvgIpc) is 3.41. The second-order valence-corrected chi connectivity index (χ2v) is 9.75. The zero-order chi connectivity index (χ0) is 24.9. The van der Waals surface area contributed by atoms with Crippen molar-refractivity contribution in [3.63, 3.8) is 0 Å². The summed E-state index contributed by atoms with van der Waals surface area (Å²) in [5, 5.41) is 0. The molecular weight excluding hydrogens is 438 g/mol. The summed E-state index contributed by atoms with van der Waals surface area (Å²) in [6, 6.07) is 9.62. The van der Waals surface area contributed by atoms with E-state index in [0.29, 0.717) is 28.9 Å². The fraction of sp³-hybridized carbons (Fsp3) is 0.516. The number of unbranched alkanes of at least 4 members (excludes halogenated alkanes) is 10. The summed E-state index contributed by atoms with van der Waals surface area (Å²) in [5.41, 5.74) is 3.44. The minimum atomic E-state index is -0.753. The Balaban J connectivity index is 1.76. The fourth-order valence-corrected chi connectivity index (χ4v) is 4.78. The molecule has 0 saturated carbocycles. The van der Waals surface area contributed by atoms with E-state index < -0.39 is 11.6 Å². The average molecular weight is 481 g/mol. The van der Waals surface area contributed by atoms with E-state index in [9.17, 15) is 0 Å². The zero-order valence-corrected chi connectivity index (χ0v) is 21.6. The van der Waals surface area contributed by atoms with Gasteiger partial charge in [-0.3, -0.25) is 0 Å². The molecule has 1 heterocycles. The van der Waals surface area contributed by atoms with Gasteiger partial charge in [0.25, 0.3) is 0 Å². The van der Waals surface area contributed by atoms with E-state index >= 15 is 8.78 Å². The number of aromatic nitrogens is 2. The van der Waals surface area contributed by atoms with Gasteiger partial charge < -0.3 is 4.98 Å². The molecule has 2 aromatic carbocycles. The Labute approximate surface area is 210 Å². The van der Waals surface area contributed by atoms with E-state index in [4.69, 9.17) is 0 Å². The van der Waals surface area contributed by atoms with Crippen LogP contribution in [0.5, 0.6) is 0 Å². The van der Waals surface area contributed by atoms with Crippen LogP contribution in [0.15, 0.2) is 42.7 Å². The van der Waals surface area contributed by atoms with Gasteiger partial charge in [-0.15, -0.1) is 0 Å². The second kappa shape index (κ2) is 14.8. The van der Waals surface area contributed by atoms with Gasteiger partial charge in [-0.1, -0.05) is 108 Å². The lowest BCUT2D eigenvalue weighted by Crippen LogP contribution is -2.00. The van der Waals surface area contributed by atoms with Crippen LogP contribution in [0.1, 0.15) is 102 Å². The molecule has 35 heavy (non-hydrogen) atoms. The summed E-state index contributed by atoms with van der Waals surface area (Å²) in [4.78, 5) is 7.50. The van der Waals surface area contributed by atoms with Gasteiger partial charge in [0, 0.05) is 23.5 Å². The lowest BCUT2D eigenvalue weighted by molar-refractivity contribution is 0.497. The molecule has 3 aromatic rings. The maximum atomic E-state index is 15.4. The highest BCUT2D eigenvalue weighted by Crippen LogP contribution is 2.35. The van der Waals surface area contributed by atoms with Crippen LogP contribution in [0.3, 0.4) is 0 Å². The molecule has 1 aromatic heterocycles. The Morgan fingerprint density at radius 1 is 0.657 bits per heavy atom. The van der Waals surface area contributed by atoms with Crippen molar-refractivity contribution < 1.29 is 8.78 Å². The first kappa shape index (κ1) is 27.1. The van der Waals surface area contributed by atoms with Crippen molar-refractivity contribution in [2.75, 3.05) is 0 Å². The number of H-pyrrole nitrogens is 1. The summed E-state index contributed by atoms with van der Waals surface area (Å²) in [5.74, 6) is -0.792. The van der Waals surface area contributed by atoms with E-state index in [0.717, 1.165) is 43.2 Å². The number of aromatic amines is 1. The standard InChI is InChI=1S/C31H42F2N2/c1-3-5-7-9-10-12-13-15-24-17-19-27(31-34-21-22-35-31)28(23-24)26-20-18-25(29(32)30(26)33)16-14-11-8-6-4-2/h17-23H,3-16H2,1-2H3,(H,34,35). The van der Waals surface area contributed by atoms with Crippen LogP contribution in [0.25, 0.3) is 22.5 Å². The van der Waals surface area contributed by atoms with Crippen molar-refractivity contribution >= 4 is 0 Å². The summed E-state index contributed by atoms with van der Waals surface area (Å²) < 4.78 is 30.5. The molecule has 0 atom stereocenters. The summed E-state index contributed by atoms with van der Waals surface area (Å²) in [6.45, 7) is 4.41. The lowest BCUT2D eigenvalue weighted by atomic mass is 9.93. The Bertz CT molecular complexity index is 1010. The van der Waals surface area contributed by atoms with Gasteiger partial charge in [0.2, 0.25) is 0 Å². The zero-order valence-electron chi connectivity index (χ0n) is 21.6. The van der Waals surface area contributed by atoms with Gasteiger partial charge >= 0.3 is 0 Å². The molecule has 1 N–H and O–H groups in total. The van der Waals surface area contributed by atoms with Crippen LogP contribution >= 0.6 is 0 Å². The molecule has 0 bridgehead atoms. The number of rotatable bonds is 16. The summed E-state index contributed by atoms with van der Waals surface area (Å²) >= 11 is 0. The number of halogens is 2. The summed E-state index contributed by atoms with van der Waals surface area (Å²) in [7, 11) is 0. The first-order valence-corrected chi connectivity index (χ1v) is 13.8. The smallest absolute Gasteiger partial charge is 0.166 e. The van der Waals surface area contributed by atoms with E-state index in [2.05, 4.69) is 29.9 Å². The Morgan fingerprint density at radius 2 is 1.29 bits per heavy atom. The van der Waals surface area contributed by atoms with Gasteiger partial charge in [-0.25, -0.2) is 13.8 Å². The molecule has 2 nitrogen and oxygen atoms in total. The number of hydrogen-bond donors (Lipinski definition) is 1. The first-order chi connectivity index (χ1) is 17.2. The normalized spacial score (nSPS) is 11.3. The van der Waals surface area contributed by atoms with E-state index in [-0.39, 0.29) is 0 Å². The molecule has 0 saturated heterocycles. The second-order valence-electron chi connectivity index (χ2n) is 9.75. The van der Waals surface area contributed by atoms with Crippen molar-refractivity contribution in [3.05, 3.63) is 65.5 Å². The number of aryl methyl sites for hydroxylation is 2. The van der Waals surface area contributed by atoms with E-state index in [1.807, 2.05) is 12.1 Å². The Morgan fingerprint density at radius 3 is 1.94 bits per heavy atom. The highest BCUT2D eigenvalue weighted by atomic mass is 19.2. The number of imidazole rings is 1. The molecule has 0 amide bonds. The molecule has 0 spiro atoms. The maximum absolute atomic E-state index is 15.4. The molecule has 0 aliphatic carbocycles. The third-order valence-corrected chi connectivity index (χ3v) is 6.91. The monoisotopic (exact) mass is 480 g/mol. The van der Waals surface area contributed by atoms with Gasteiger partial charge in [-0.05, 0) is 42.4 Å². The van der Waals surface area contributed by atoms with Crippen LogP contribution in [0, 0.1) is 11.6 Å². The quantitative estimate of drug-likeness (QED) is 0.203. The van der Waals surface area contributed by atoms with Crippen LogP contribution in [-0.4, -0.2) is 9.97 Å². The lowest BCUT2D eigenvalue weighted by Gasteiger charge is -2.14. The molecule has 0 aliphatic heterocycles. The van der Waals surface area contributed by atoms with Crippen molar-refractivity contribution in [3.8, 4) is 22.5 Å². The molecule has 4 heteroatoms. The summed E-state index contributed by atoms with van der Waals surface area (Å²) in [6.07, 6.45) is 19.2. The fourth-order valence-electron chi connectivity index (χ4n) is 4.78. The van der Waals surface area contributed by atoms with Gasteiger partial charge in [0.1, 0.15) is 5.82 Å². The maximum Gasteiger partial charge on any atom is 0.166 e. The number of hydrogen-bond acceptors (Lipinski definition) is 1.